The van der Waals surface area contributed by atoms with E-state index in [-0.39, 0.29) is 28.7 Å². The zero-order valence-corrected chi connectivity index (χ0v) is 16.3. The molecule has 9 nitrogen and oxygen atoms in total. The lowest BCUT2D eigenvalue weighted by molar-refractivity contribution is -0.383. The van der Waals surface area contributed by atoms with Gasteiger partial charge in [-0.15, -0.1) is 11.8 Å². The monoisotopic (exact) mass is 435 g/mol. The number of benzene rings is 2. The number of fused-ring (bicyclic) bond motifs is 1. The van der Waals surface area contributed by atoms with Gasteiger partial charge in [0.05, 0.1) is 22.3 Å². The molecule has 1 atom stereocenters. The van der Waals surface area contributed by atoms with Crippen LogP contribution in [-0.4, -0.2) is 34.6 Å². The first-order valence-electron chi connectivity index (χ1n) is 8.29. The highest BCUT2D eigenvalue weighted by Crippen LogP contribution is 2.36. The lowest BCUT2D eigenvalue weighted by Crippen LogP contribution is -2.32. The molecule has 0 saturated heterocycles. The summed E-state index contributed by atoms with van der Waals surface area (Å²) in [6, 6.07) is 10.9. The van der Waals surface area contributed by atoms with Gasteiger partial charge in [0, 0.05) is 16.0 Å². The molecule has 0 radical (unpaired) electrons. The van der Waals surface area contributed by atoms with Gasteiger partial charge in [-0.05, 0) is 24.3 Å². The molecule has 0 bridgehead atoms. The van der Waals surface area contributed by atoms with E-state index in [4.69, 9.17) is 16.3 Å². The van der Waals surface area contributed by atoms with E-state index in [9.17, 15) is 24.5 Å². The number of hydrogen-bond acceptors (Lipinski definition) is 7. The topological polar surface area (TPSA) is 128 Å². The van der Waals surface area contributed by atoms with Crippen LogP contribution in [-0.2, 0) is 19.1 Å². The van der Waals surface area contributed by atoms with Gasteiger partial charge in [0.25, 0.3) is 11.6 Å². The van der Waals surface area contributed by atoms with Crippen LogP contribution in [0.3, 0.4) is 0 Å². The van der Waals surface area contributed by atoms with Crippen molar-refractivity contribution >= 4 is 58.2 Å². The number of carbonyl (C=O) groups is 3. The minimum atomic E-state index is -0.755. The molecule has 1 heterocycles. The summed E-state index contributed by atoms with van der Waals surface area (Å²) in [5, 5.41) is 15.5. The predicted octanol–water partition coefficient (Wildman–Crippen LogP) is 3.23. The number of nitrogens with zero attached hydrogens (tertiary/aromatic N) is 1. The molecule has 2 aromatic rings. The largest absolute Gasteiger partial charge is 0.456 e. The first kappa shape index (κ1) is 20.6. The quantitative estimate of drug-likeness (QED) is 0.405. The molecule has 0 spiro atoms. The Hall–Kier alpha value is -3.11. The Morgan fingerprint density at radius 2 is 2.03 bits per heavy atom. The van der Waals surface area contributed by atoms with Gasteiger partial charge in [0.15, 0.2) is 6.61 Å². The Labute approximate surface area is 173 Å². The highest BCUT2D eigenvalue weighted by molar-refractivity contribution is 8.01. The molecule has 1 aliphatic heterocycles. The van der Waals surface area contributed by atoms with Gasteiger partial charge in [-0.25, -0.2) is 0 Å². The summed E-state index contributed by atoms with van der Waals surface area (Å²) in [4.78, 5) is 47.3. The second-order valence-corrected chi connectivity index (χ2v) is 7.60. The summed E-state index contributed by atoms with van der Waals surface area (Å²) in [5.74, 6) is -1.82. The number of halogens is 1. The van der Waals surface area contributed by atoms with E-state index >= 15 is 0 Å². The molecular weight excluding hydrogens is 422 g/mol. The number of amides is 2. The minimum Gasteiger partial charge on any atom is -0.456 e. The molecule has 29 heavy (non-hydrogen) atoms. The number of hydrogen-bond donors (Lipinski definition) is 2. The Balaban J connectivity index is 1.53. The van der Waals surface area contributed by atoms with Crippen molar-refractivity contribution in [1.29, 1.82) is 0 Å². The summed E-state index contributed by atoms with van der Waals surface area (Å²) in [7, 11) is 0. The van der Waals surface area contributed by atoms with Crippen LogP contribution in [0.1, 0.15) is 6.42 Å². The molecule has 0 fully saturated rings. The third-order valence-electron chi connectivity index (χ3n) is 3.85. The zero-order chi connectivity index (χ0) is 21.0. The number of ether oxygens (including phenoxy) is 1. The van der Waals surface area contributed by atoms with Gasteiger partial charge < -0.3 is 15.4 Å². The number of thioether (sulfide) groups is 1. The molecule has 0 aliphatic carbocycles. The van der Waals surface area contributed by atoms with Gasteiger partial charge >= 0.3 is 5.97 Å². The van der Waals surface area contributed by atoms with Gasteiger partial charge in [-0.1, -0.05) is 23.7 Å². The number of para-hydroxylation sites is 1. The molecule has 150 valence electrons. The number of rotatable bonds is 6. The van der Waals surface area contributed by atoms with Crippen molar-refractivity contribution in [2.24, 2.45) is 0 Å². The molecule has 0 aromatic heterocycles. The second-order valence-electron chi connectivity index (χ2n) is 5.92. The van der Waals surface area contributed by atoms with Gasteiger partial charge in [0.2, 0.25) is 5.91 Å². The zero-order valence-electron chi connectivity index (χ0n) is 14.7. The van der Waals surface area contributed by atoms with Gasteiger partial charge in [-0.3, -0.25) is 24.5 Å². The average molecular weight is 436 g/mol. The van der Waals surface area contributed by atoms with Crippen LogP contribution in [0, 0.1) is 10.1 Å². The lowest BCUT2D eigenvalue weighted by atomic mass is 10.2. The molecule has 0 unspecified atom stereocenters. The summed E-state index contributed by atoms with van der Waals surface area (Å²) in [6.45, 7) is -0.645. The van der Waals surface area contributed by atoms with E-state index in [1.165, 1.54) is 23.9 Å². The Kier molecular flexibility index (Phi) is 6.35. The van der Waals surface area contributed by atoms with Crippen LogP contribution in [0.2, 0.25) is 5.02 Å². The van der Waals surface area contributed by atoms with Crippen molar-refractivity contribution < 1.29 is 24.0 Å². The number of carbonyl (C=O) groups excluding carboxylic acids is 3. The maximum Gasteiger partial charge on any atom is 0.307 e. The van der Waals surface area contributed by atoms with Crippen LogP contribution in [0.5, 0.6) is 0 Å². The highest BCUT2D eigenvalue weighted by atomic mass is 35.5. The molecule has 2 amide bonds. The van der Waals surface area contributed by atoms with Crippen molar-refractivity contribution in [3.8, 4) is 0 Å². The van der Waals surface area contributed by atoms with Gasteiger partial charge in [-0.2, -0.15) is 0 Å². The van der Waals surface area contributed by atoms with Crippen molar-refractivity contribution in [2.75, 3.05) is 17.2 Å². The minimum absolute atomic E-state index is 0.0701. The van der Waals surface area contributed by atoms with Crippen LogP contribution < -0.4 is 10.6 Å². The smallest absolute Gasteiger partial charge is 0.307 e. The SMILES string of the molecule is O=C(COC(=O)C[C@H]1Sc2ccccc2NC1=O)Nc1ccc(Cl)cc1[N+](=O)[O-]. The molecule has 2 aromatic carbocycles. The summed E-state index contributed by atoms with van der Waals surface area (Å²) in [6.07, 6.45) is -0.223. The normalized spacial score (nSPS) is 15.1. The number of esters is 1. The maximum atomic E-state index is 12.1. The first-order valence-corrected chi connectivity index (χ1v) is 9.55. The number of anilines is 2. The van der Waals surface area contributed by atoms with E-state index in [1.54, 1.807) is 12.1 Å². The van der Waals surface area contributed by atoms with Crippen molar-refractivity contribution in [3.63, 3.8) is 0 Å². The Morgan fingerprint density at radius 1 is 1.28 bits per heavy atom. The molecular formula is C18H14ClN3O6S. The summed E-state index contributed by atoms with van der Waals surface area (Å²) in [5.41, 5.74) is 0.224. The van der Waals surface area contributed by atoms with E-state index in [2.05, 4.69) is 10.6 Å². The fraction of sp³-hybridized carbons (Fsp3) is 0.167. The van der Waals surface area contributed by atoms with E-state index in [0.717, 1.165) is 11.0 Å². The Bertz CT molecular complexity index is 999. The summed E-state index contributed by atoms with van der Waals surface area (Å²) < 4.78 is 4.90. The standard InChI is InChI=1S/C18H14ClN3O6S/c19-10-5-6-11(13(7-10)22(26)27)20-16(23)9-28-17(24)8-15-18(25)21-12-3-1-2-4-14(12)29-15/h1-7,15H,8-9H2,(H,20,23)(H,21,25)/t15-/m1/s1. The van der Waals surface area contributed by atoms with Crippen LogP contribution in [0.4, 0.5) is 17.1 Å². The first-order chi connectivity index (χ1) is 13.8. The third-order valence-corrected chi connectivity index (χ3v) is 5.36. The highest BCUT2D eigenvalue weighted by Gasteiger charge is 2.29. The lowest BCUT2D eigenvalue weighted by Gasteiger charge is -2.23. The van der Waals surface area contributed by atoms with E-state index in [1.807, 2.05) is 12.1 Å². The van der Waals surface area contributed by atoms with Crippen LogP contribution in [0.25, 0.3) is 0 Å². The molecule has 2 N–H and O–H groups in total. The average Bonchev–Trinajstić information content (AvgIpc) is 2.68. The van der Waals surface area contributed by atoms with Gasteiger partial charge in [0.1, 0.15) is 5.69 Å². The predicted molar refractivity (Wildman–Crippen MR) is 107 cm³/mol. The molecule has 1 aliphatic rings. The van der Waals surface area contributed by atoms with Crippen molar-refractivity contribution in [2.45, 2.75) is 16.6 Å². The third kappa shape index (κ3) is 5.24. The number of nitro groups is 1. The second kappa shape index (κ2) is 8.93. The number of nitrogens with one attached hydrogen (secondary N) is 2. The van der Waals surface area contributed by atoms with Crippen molar-refractivity contribution in [3.05, 3.63) is 57.6 Å². The molecule has 3 rings (SSSR count). The molecule has 0 saturated carbocycles. The van der Waals surface area contributed by atoms with Crippen molar-refractivity contribution in [1.82, 2.24) is 0 Å². The molecule has 11 heteroatoms. The Morgan fingerprint density at radius 3 is 2.79 bits per heavy atom. The van der Waals surface area contributed by atoms with E-state index in [0.29, 0.717) is 5.69 Å². The van der Waals surface area contributed by atoms with E-state index < -0.39 is 28.7 Å². The fourth-order valence-corrected chi connectivity index (χ4v) is 3.79. The fourth-order valence-electron chi connectivity index (χ4n) is 2.53. The summed E-state index contributed by atoms with van der Waals surface area (Å²) >= 11 is 6.95. The van der Waals surface area contributed by atoms with Crippen LogP contribution in [0.15, 0.2) is 47.4 Å². The maximum absolute atomic E-state index is 12.1. The van der Waals surface area contributed by atoms with Crippen LogP contribution >= 0.6 is 23.4 Å². The number of nitro benzene ring substituents is 1.